The molecule has 1 unspecified atom stereocenters. The van der Waals surface area contributed by atoms with Gasteiger partial charge in [0.25, 0.3) is 5.91 Å². The summed E-state index contributed by atoms with van der Waals surface area (Å²) < 4.78 is 0. The van der Waals surface area contributed by atoms with E-state index in [2.05, 4.69) is 15.6 Å². The van der Waals surface area contributed by atoms with Gasteiger partial charge in [-0.3, -0.25) is 9.78 Å². The Kier molecular flexibility index (Phi) is 3.27. The molecule has 1 atom stereocenters. The van der Waals surface area contributed by atoms with Crippen molar-refractivity contribution in [3.63, 3.8) is 0 Å². The van der Waals surface area contributed by atoms with Crippen molar-refractivity contribution in [2.45, 2.75) is 50.6 Å². The van der Waals surface area contributed by atoms with Gasteiger partial charge >= 0.3 is 0 Å². The van der Waals surface area contributed by atoms with E-state index < -0.39 is 0 Å². The minimum atomic E-state index is 0.0203. The molecule has 4 heteroatoms. The highest BCUT2D eigenvalue weighted by Crippen LogP contribution is 2.38. The van der Waals surface area contributed by atoms with E-state index in [4.69, 9.17) is 0 Å². The second-order valence-electron chi connectivity index (χ2n) is 5.86. The average molecular weight is 259 g/mol. The van der Waals surface area contributed by atoms with Crippen LogP contribution < -0.4 is 10.6 Å². The van der Waals surface area contributed by atoms with Crippen molar-refractivity contribution in [3.05, 3.63) is 29.6 Å². The molecule has 3 rings (SSSR count). The molecule has 19 heavy (non-hydrogen) atoms. The van der Waals surface area contributed by atoms with Crippen LogP contribution in [-0.4, -0.2) is 29.0 Å². The van der Waals surface area contributed by atoms with Crippen LogP contribution in [0.5, 0.6) is 0 Å². The summed E-state index contributed by atoms with van der Waals surface area (Å²) in [5.41, 5.74) is 1.82. The van der Waals surface area contributed by atoms with Crippen LogP contribution in [-0.2, 0) is 0 Å². The first-order chi connectivity index (χ1) is 9.19. The Labute approximate surface area is 114 Å². The predicted molar refractivity (Wildman–Crippen MR) is 74.0 cm³/mol. The van der Waals surface area contributed by atoms with Crippen LogP contribution in [0.4, 0.5) is 0 Å². The lowest BCUT2D eigenvalue weighted by molar-refractivity contribution is 0.0852. The zero-order valence-corrected chi connectivity index (χ0v) is 11.4. The minimum absolute atomic E-state index is 0.0203. The van der Waals surface area contributed by atoms with E-state index in [-0.39, 0.29) is 5.91 Å². The van der Waals surface area contributed by atoms with Crippen LogP contribution in [0, 0.1) is 6.92 Å². The number of aromatic nitrogens is 1. The van der Waals surface area contributed by atoms with Crippen LogP contribution in [0.1, 0.15) is 48.2 Å². The summed E-state index contributed by atoms with van der Waals surface area (Å²) in [5, 5.41) is 6.80. The van der Waals surface area contributed by atoms with Crippen molar-refractivity contribution in [2.75, 3.05) is 6.54 Å². The molecule has 102 valence electrons. The standard InChI is InChI=1S/C15H21N3O/c1-11-13(4-2-8-16-11)14(19)18-12-5-9-17-15(10-12)6-3-7-15/h2,4,8,12,17H,3,5-7,9-10H2,1H3,(H,18,19). The normalized spacial score (nSPS) is 24.8. The Hall–Kier alpha value is -1.42. The Morgan fingerprint density at radius 1 is 1.53 bits per heavy atom. The Morgan fingerprint density at radius 2 is 2.37 bits per heavy atom. The van der Waals surface area contributed by atoms with Crippen LogP contribution in [0.3, 0.4) is 0 Å². The number of rotatable bonds is 2. The van der Waals surface area contributed by atoms with Gasteiger partial charge in [0.05, 0.1) is 5.56 Å². The van der Waals surface area contributed by atoms with Gasteiger partial charge in [0.1, 0.15) is 0 Å². The van der Waals surface area contributed by atoms with Crippen LogP contribution in [0.25, 0.3) is 0 Å². The second-order valence-corrected chi connectivity index (χ2v) is 5.86. The van der Waals surface area contributed by atoms with Crippen molar-refractivity contribution < 1.29 is 4.79 Å². The van der Waals surface area contributed by atoms with Gasteiger partial charge < -0.3 is 10.6 Å². The summed E-state index contributed by atoms with van der Waals surface area (Å²) in [4.78, 5) is 16.5. The molecule has 1 aromatic rings. The van der Waals surface area contributed by atoms with E-state index in [1.165, 1.54) is 19.3 Å². The predicted octanol–water partition coefficient (Wildman–Crippen LogP) is 1.79. The molecule has 0 bridgehead atoms. The summed E-state index contributed by atoms with van der Waals surface area (Å²) in [6, 6.07) is 3.96. The van der Waals surface area contributed by atoms with Crippen LogP contribution >= 0.6 is 0 Å². The number of nitrogens with zero attached hydrogens (tertiary/aromatic N) is 1. The van der Waals surface area contributed by atoms with Crippen LogP contribution in [0.15, 0.2) is 18.3 Å². The first kappa shape index (κ1) is 12.6. The van der Waals surface area contributed by atoms with Gasteiger partial charge in [0.2, 0.25) is 0 Å². The van der Waals surface area contributed by atoms with E-state index in [1.807, 2.05) is 19.1 Å². The third-order valence-electron chi connectivity index (χ3n) is 4.53. The lowest BCUT2D eigenvalue weighted by atomic mass is 9.70. The molecule has 2 heterocycles. The third kappa shape index (κ3) is 2.50. The molecule has 0 aromatic carbocycles. The zero-order valence-electron chi connectivity index (χ0n) is 11.4. The Bertz CT molecular complexity index is 482. The maximum absolute atomic E-state index is 12.3. The molecular weight excluding hydrogens is 238 g/mol. The lowest BCUT2D eigenvalue weighted by Crippen LogP contribution is -2.59. The maximum atomic E-state index is 12.3. The number of pyridine rings is 1. The molecule has 2 aliphatic rings. The van der Waals surface area contributed by atoms with E-state index in [9.17, 15) is 4.79 Å². The Morgan fingerprint density at radius 3 is 3.05 bits per heavy atom. The number of amides is 1. The first-order valence-corrected chi connectivity index (χ1v) is 7.16. The van der Waals surface area contributed by atoms with Gasteiger partial charge in [0, 0.05) is 23.5 Å². The monoisotopic (exact) mass is 259 g/mol. The summed E-state index contributed by atoms with van der Waals surface area (Å²) >= 11 is 0. The highest BCUT2D eigenvalue weighted by Gasteiger charge is 2.41. The van der Waals surface area contributed by atoms with Gasteiger partial charge in [-0.2, -0.15) is 0 Å². The Balaban J connectivity index is 1.65. The summed E-state index contributed by atoms with van der Waals surface area (Å²) in [6.45, 7) is 2.89. The molecule has 2 N–H and O–H groups in total. The fraction of sp³-hybridized carbons (Fsp3) is 0.600. The highest BCUT2D eigenvalue weighted by molar-refractivity contribution is 5.95. The summed E-state index contributed by atoms with van der Waals surface area (Å²) in [5.74, 6) is 0.0203. The molecule has 0 radical (unpaired) electrons. The molecule has 1 saturated heterocycles. The van der Waals surface area contributed by atoms with Gasteiger partial charge in [0.15, 0.2) is 0 Å². The smallest absolute Gasteiger partial charge is 0.253 e. The van der Waals surface area contributed by atoms with Crippen LogP contribution in [0.2, 0.25) is 0 Å². The minimum Gasteiger partial charge on any atom is -0.349 e. The largest absolute Gasteiger partial charge is 0.349 e. The summed E-state index contributed by atoms with van der Waals surface area (Å²) in [6.07, 6.45) is 7.64. The zero-order chi connectivity index (χ0) is 13.3. The highest BCUT2D eigenvalue weighted by atomic mass is 16.1. The number of carbonyl (C=O) groups excluding carboxylic acids is 1. The topological polar surface area (TPSA) is 54.0 Å². The van der Waals surface area contributed by atoms with E-state index >= 15 is 0 Å². The average Bonchev–Trinajstić information content (AvgIpc) is 2.37. The molecule has 2 fully saturated rings. The summed E-state index contributed by atoms with van der Waals surface area (Å²) in [7, 11) is 0. The van der Waals surface area contributed by atoms with Crippen molar-refractivity contribution in [2.24, 2.45) is 0 Å². The van der Waals surface area contributed by atoms with Gasteiger partial charge in [-0.15, -0.1) is 0 Å². The van der Waals surface area contributed by atoms with E-state index in [1.54, 1.807) is 6.20 Å². The second kappa shape index (κ2) is 4.93. The molecule has 1 amide bonds. The first-order valence-electron chi connectivity index (χ1n) is 7.16. The number of hydrogen-bond donors (Lipinski definition) is 2. The molecule has 1 saturated carbocycles. The number of nitrogens with one attached hydrogen (secondary N) is 2. The number of piperidine rings is 1. The number of aryl methyl sites for hydroxylation is 1. The molecule has 4 nitrogen and oxygen atoms in total. The molecule has 1 aliphatic carbocycles. The van der Waals surface area contributed by atoms with E-state index in [0.717, 1.165) is 25.1 Å². The molecular formula is C15H21N3O. The van der Waals surface area contributed by atoms with Crippen molar-refractivity contribution in [3.8, 4) is 0 Å². The fourth-order valence-corrected chi connectivity index (χ4v) is 3.25. The maximum Gasteiger partial charge on any atom is 0.253 e. The number of hydrogen-bond acceptors (Lipinski definition) is 3. The molecule has 1 spiro atoms. The number of carbonyl (C=O) groups is 1. The third-order valence-corrected chi connectivity index (χ3v) is 4.53. The quantitative estimate of drug-likeness (QED) is 0.851. The van der Waals surface area contributed by atoms with Gasteiger partial charge in [-0.05, 0) is 57.7 Å². The van der Waals surface area contributed by atoms with Crippen molar-refractivity contribution in [1.29, 1.82) is 0 Å². The van der Waals surface area contributed by atoms with Gasteiger partial charge in [-0.1, -0.05) is 0 Å². The molecule has 1 aliphatic heterocycles. The fourth-order valence-electron chi connectivity index (χ4n) is 3.25. The van der Waals surface area contributed by atoms with Gasteiger partial charge in [-0.25, -0.2) is 0 Å². The van der Waals surface area contributed by atoms with Crippen molar-refractivity contribution >= 4 is 5.91 Å². The van der Waals surface area contributed by atoms with Crippen molar-refractivity contribution in [1.82, 2.24) is 15.6 Å². The lowest BCUT2D eigenvalue weighted by Gasteiger charge is -2.48. The SMILES string of the molecule is Cc1ncccc1C(=O)NC1CCNC2(CCC2)C1. The van der Waals surface area contributed by atoms with E-state index in [0.29, 0.717) is 17.1 Å². The molecule has 1 aromatic heterocycles.